The second-order valence-corrected chi connectivity index (χ2v) is 6.13. The first-order valence-corrected chi connectivity index (χ1v) is 7.81. The number of fused-ring (bicyclic) bond motifs is 1. The molecule has 1 aliphatic heterocycles. The average Bonchev–Trinajstić information content (AvgIpc) is 2.49. The van der Waals surface area contributed by atoms with E-state index in [0.717, 1.165) is 28.2 Å². The number of pyridine rings is 1. The minimum absolute atomic E-state index is 0.104. The van der Waals surface area contributed by atoms with Crippen LogP contribution >= 0.6 is 11.8 Å². The predicted molar refractivity (Wildman–Crippen MR) is 80.3 cm³/mol. The van der Waals surface area contributed by atoms with E-state index in [1.54, 1.807) is 30.1 Å². The van der Waals surface area contributed by atoms with Gasteiger partial charge in [0.2, 0.25) is 0 Å². The second-order valence-electron chi connectivity index (χ2n) is 5.02. The van der Waals surface area contributed by atoms with Crippen molar-refractivity contribution < 1.29 is 4.39 Å². The van der Waals surface area contributed by atoms with Crippen LogP contribution in [0.5, 0.6) is 0 Å². The fourth-order valence-corrected chi connectivity index (χ4v) is 3.73. The Morgan fingerprint density at radius 3 is 3.05 bits per heavy atom. The van der Waals surface area contributed by atoms with E-state index in [4.69, 9.17) is 0 Å². The largest absolute Gasteiger partial charge is 0.303 e. The summed E-state index contributed by atoms with van der Waals surface area (Å²) in [5, 5.41) is 3.60. The lowest BCUT2D eigenvalue weighted by Crippen LogP contribution is -2.27. The Morgan fingerprint density at radius 2 is 2.25 bits per heavy atom. The lowest BCUT2D eigenvalue weighted by Gasteiger charge is -2.29. The van der Waals surface area contributed by atoms with Crippen LogP contribution in [0.2, 0.25) is 0 Å². The molecular formula is C16H17FN2S. The van der Waals surface area contributed by atoms with Gasteiger partial charge in [0.1, 0.15) is 5.82 Å². The molecule has 0 saturated carbocycles. The van der Waals surface area contributed by atoms with Gasteiger partial charge < -0.3 is 5.32 Å². The van der Waals surface area contributed by atoms with E-state index in [9.17, 15) is 4.39 Å². The van der Waals surface area contributed by atoms with Crippen molar-refractivity contribution >= 4 is 11.8 Å². The predicted octanol–water partition coefficient (Wildman–Crippen LogP) is 4.11. The van der Waals surface area contributed by atoms with Crippen molar-refractivity contribution in [3.63, 3.8) is 0 Å². The van der Waals surface area contributed by atoms with Crippen LogP contribution in [0.15, 0.2) is 47.6 Å². The highest BCUT2D eigenvalue weighted by Crippen LogP contribution is 2.38. The van der Waals surface area contributed by atoms with Gasteiger partial charge in [-0.3, -0.25) is 4.98 Å². The van der Waals surface area contributed by atoms with Crippen molar-refractivity contribution in [1.82, 2.24) is 10.3 Å². The molecule has 4 heteroatoms. The molecule has 2 aromatic rings. The van der Waals surface area contributed by atoms with Crippen molar-refractivity contribution in [2.45, 2.75) is 30.3 Å². The Kier molecular flexibility index (Phi) is 4.03. The number of rotatable bonds is 3. The number of nitrogens with zero attached hydrogens (tertiary/aromatic N) is 1. The fourth-order valence-electron chi connectivity index (χ4n) is 2.59. The standard InChI is InChI=1S/C16H17FN2S/c1-11(12-4-3-8-18-10-12)19-15-7-9-20-16-13(15)5-2-6-14(16)17/h2-6,8,10-11,15,19H,7,9H2,1H3/t11-,15?/m0/s1. The highest BCUT2D eigenvalue weighted by Gasteiger charge is 2.24. The minimum Gasteiger partial charge on any atom is -0.303 e. The maximum Gasteiger partial charge on any atom is 0.137 e. The Balaban J connectivity index is 1.82. The number of thioether (sulfide) groups is 1. The first-order chi connectivity index (χ1) is 9.75. The third kappa shape index (κ3) is 2.72. The van der Waals surface area contributed by atoms with E-state index in [2.05, 4.69) is 23.3 Å². The van der Waals surface area contributed by atoms with E-state index in [-0.39, 0.29) is 17.9 Å². The van der Waals surface area contributed by atoms with Crippen molar-refractivity contribution in [1.29, 1.82) is 0 Å². The van der Waals surface area contributed by atoms with Crippen molar-refractivity contribution in [2.24, 2.45) is 0 Å². The van der Waals surface area contributed by atoms with E-state index in [1.807, 2.05) is 18.3 Å². The van der Waals surface area contributed by atoms with Crippen LogP contribution in [-0.4, -0.2) is 10.7 Å². The number of hydrogen-bond donors (Lipinski definition) is 1. The van der Waals surface area contributed by atoms with Gasteiger partial charge in [0.05, 0.1) is 0 Å². The summed E-state index contributed by atoms with van der Waals surface area (Å²) < 4.78 is 13.8. The van der Waals surface area contributed by atoms with Gasteiger partial charge in [0.15, 0.2) is 0 Å². The summed E-state index contributed by atoms with van der Waals surface area (Å²) in [6.45, 7) is 2.12. The molecule has 0 radical (unpaired) electrons. The third-order valence-corrected chi connectivity index (χ3v) is 4.82. The molecular weight excluding hydrogens is 271 g/mol. The van der Waals surface area contributed by atoms with E-state index in [1.165, 1.54) is 0 Å². The highest BCUT2D eigenvalue weighted by atomic mass is 32.2. The highest BCUT2D eigenvalue weighted by molar-refractivity contribution is 7.99. The van der Waals surface area contributed by atoms with Gasteiger partial charge >= 0.3 is 0 Å². The van der Waals surface area contributed by atoms with Crippen LogP contribution in [0.1, 0.15) is 36.6 Å². The third-order valence-electron chi connectivity index (χ3n) is 3.66. The summed E-state index contributed by atoms with van der Waals surface area (Å²) in [6.07, 6.45) is 4.67. The fraction of sp³-hybridized carbons (Fsp3) is 0.312. The van der Waals surface area contributed by atoms with Crippen LogP contribution in [0.25, 0.3) is 0 Å². The lowest BCUT2D eigenvalue weighted by molar-refractivity contribution is 0.443. The van der Waals surface area contributed by atoms with Crippen molar-refractivity contribution in [3.05, 3.63) is 59.7 Å². The van der Waals surface area contributed by atoms with Crippen LogP contribution < -0.4 is 5.32 Å². The van der Waals surface area contributed by atoms with Crippen LogP contribution in [0.4, 0.5) is 4.39 Å². The summed E-state index contributed by atoms with van der Waals surface area (Å²) >= 11 is 1.61. The van der Waals surface area contributed by atoms with Gasteiger partial charge in [-0.25, -0.2) is 4.39 Å². The zero-order valence-corrected chi connectivity index (χ0v) is 12.2. The Labute approximate surface area is 122 Å². The lowest BCUT2D eigenvalue weighted by atomic mass is 10.0. The molecule has 20 heavy (non-hydrogen) atoms. The zero-order valence-electron chi connectivity index (χ0n) is 11.3. The SMILES string of the molecule is C[C@H](NC1CCSc2c(F)cccc21)c1cccnc1. The number of aromatic nitrogens is 1. The number of halogens is 1. The van der Waals surface area contributed by atoms with E-state index in [0.29, 0.717) is 0 Å². The zero-order chi connectivity index (χ0) is 13.9. The quantitative estimate of drug-likeness (QED) is 0.920. The van der Waals surface area contributed by atoms with E-state index >= 15 is 0 Å². The molecule has 1 N–H and O–H groups in total. The Hall–Kier alpha value is -1.39. The molecule has 1 aliphatic rings. The normalized spacial score (nSPS) is 19.4. The molecule has 0 amide bonds. The Bertz CT molecular complexity index is 588. The smallest absolute Gasteiger partial charge is 0.137 e. The molecule has 1 unspecified atom stereocenters. The monoisotopic (exact) mass is 288 g/mol. The Morgan fingerprint density at radius 1 is 1.35 bits per heavy atom. The molecule has 2 atom stereocenters. The van der Waals surface area contributed by atoms with Gasteiger partial charge in [-0.1, -0.05) is 18.2 Å². The summed E-state index contributed by atoms with van der Waals surface area (Å²) in [6, 6.07) is 9.78. The van der Waals surface area contributed by atoms with Gasteiger partial charge in [-0.15, -0.1) is 11.8 Å². The molecule has 1 aromatic carbocycles. The summed E-state index contributed by atoms with van der Waals surface area (Å²) in [5.41, 5.74) is 2.24. The van der Waals surface area contributed by atoms with Crippen molar-refractivity contribution in [2.75, 3.05) is 5.75 Å². The molecule has 0 fully saturated rings. The van der Waals surface area contributed by atoms with E-state index < -0.39 is 0 Å². The molecule has 1 aromatic heterocycles. The van der Waals surface area contributed by atoms with Gasteiger partial charge in [-0.2, -0.15) is 0 Å². The van der Waals surface area contributed by atoms with Crippen molar-refractivity contribution in [3.8, 4) is 0 Å². The molecule has 3 rings (SSSR count). The first kappa shape index (κ1) is 13.6. The van der Waals surface area contributed by atoms with Crippen LogP contribution in [-0.2, 0) is 0 Å². The van der Waals surface area contributed by atoms with Crippen LogP contribution in [0.3, 0.4) is 0 Å². The first-order valence-electron chi connectivity index (χ1n) is 6.83. The molecule has 2 heterocycles. The number of nitrogens with one attached hydrogen (secondary N) is 1. The van der Waals surface area contributed by atoms with Gasteiger partial charge in [0, 0.05) is 29.4 Å². The maximum atomic E-state index is 13.8. The number of hydrogen-bond acceptors (Lipinski definition) is 3. The summed E-state index contributed by atoms with van der Waals surface area (Å²) in [4.78, 5) is 4.95. The molecule has 0 spiro atoms. The summed E-state index contributed by atoms with van der Waals surface area (Å²) in [7, 11) is 0. The molecule has 0 aliphatic carbocycles. The summed E-state index contributed by atoms with van der Waals surface area (Å²) in [5.74, 6) is 0.846. The molecule has 0 bridgehead atoms. The average molecular weight is 288 g/mol. The molecule has 0 saturated heterocycles. The second kappa shape index (κ2) is 5.94. The van der Waals surface area contributed by atoms with Crippen LogP contribution in [0, 0.1) is 5.82 Å². The van der Waals surface area contributed by atoms with Gasteiger partial charge in [-0.05, 0) is 42.4 Å². The van der Waals surface area contributed by atoms with Gasteiger partial charge in [0.25, 0.3) is 0 Å². The maximum absolute atomic E-state index is 13.8. The minimum atomic E-state index is -0.104. The molecule has 2 nitrogen and oxygen atoms in total. The number of benzene rings is 1. The molecule has 104 valence electrons. The topological polar surface area (TPSA) is 24.9 Å².